The third kappa shape index (κ3) is 3.67. The van der Waals surface area contributed by atoms with Crippen LogP contribution in [0.4, 0.5) is 8.78 Å². The third-order valence-corrected chi connectivity index (χ3v) is 5.27. The van der Waals surface area contributed by atoms with Crippen molar-refractivity contribution in [2.24, 2.45) is 5.41 Å². The Morgan fingerprint density at radius 2 is 1.96 bits per heavy atom. The Kier molecular flexibility index (Phi) is 4.79. The average molecular weight is 347 g/mol. The van der Waals surface area contributed by atoms with Crippen molar-refractivity contribution in [3.05, 3.63) is 35.4 Å². The Balaban J connectivity index is 1.81. The molecule has 0 aromatic heterocycles. The highest BCUT2D eigenvalue weighted by molar-refractivity contribution is 5.84. The Hall–Kier alpha value is -2.00. The summed E-state index contributed by atoms with van der Waals surface area (Å²) in [6, 6.07) is 9.02. The number of nitriles is 1. The number of alkyl halides is 2. The minimum Gasteiger partial charge on any atom is -0.342 e. The minimum absolute atomic E-state index is 0.120. The van der Waals surface area contributed by atoms with Crippen LogP contribution in [-0.4, -0.2) is 47.8 Å². The summed E-state index contributed by atoms with van der Waals surface area (Å²) in [5.74, 6) is -2.98. The van der Waals surface area contributed by atoms with Gasteiger partial charge in [-0.3, -0.25) is 9.69 Å². The van der Waals surface area contributed by atoms with Crippen molar-refractivity contribution in [2.75, 3.05) is 26.2 Å². The predicted molar refractivity (Wildman–Crippen MR) is 89.9 cm³/mol. The van der Waals surface area contributed by atoms with E-state index in [1.54, 1.807) is 34.1 Å². The Morgan fingerprint density at radius 1 is 1.24 bits per heavy atom. The summed E-state index contributed by atoms with van der Waals surface area (Å²) < 4.78 is 28.9. The van der Waals surface area contributed by atoms with Crippen molar-refractivity contribution in [2.45, 2.75) is 38.7 Å². The number of likely N-dealkylation sites (tertiary alicyclic amines) is 2. The van der Waals surface area contributed by atoms with Gasteiger partial charge in [-0.1, -0.05) is 12.1 Å². The molecule has 0 aliphatic carbocycles. The fourth-order valence-corrected chi connectivity index (χ4v) is 4.24. The zero-order valence-corrected chi connectivity index (χ0v) is 14.5. The molecule has 1 atom stereocenters. The molecule has 0 bridgehead atoms. The van der Waals surface area contributed by atoms with Gasteiger partial charge in [0.15, 0.2) is 0 Å². The second-order valence-electron chi connectivity index (χ2n) is 7.26. The number of halogens is 2. The van der Waals surface area contributed by atoms with E-state index in [1.807, 2.05) is 6.92 Å². The van der Waals surface area contributed by atoms with Crippen molar-refractivity contribution < 1.29 is 13.6 Å². The quantitative estimate of drug-likeness (QED) is 0.844. The number of carbonyl (C=O) groups is 1. The van der Waals surface area contributed by atoms with Crippen LogP contribution >= 0.6 is 0 Å². The average Bonchev–Trinajstić information content (AvgIpc) is 2.57. The standard InChI is InChI=1S/C19H23F2N3O/c1-2-24-9-3-8-18(17(24)25)12-19(20,21)14-23(13-18)11-16-6-4-15(10-22)5-7-16/h4-7H,2-3,8-9,11-14H2,1H3/t18-/m1/s1. The molecule has 2 heterocycles. The van der Waals surface area contributed by atoms with Crippen molar-refractivity contribution >= 4 is 5.91 Å². The van der Waals surface area contributed by atoms with Crippen LogP contribution in [0, 0.1) is 16.7 Å². The Bertz CT molecular complexity index is 683. The van der Waals surface area contributed by atoms with Crippen LogP contribution in [0.3, 0.4) is 0 Å². The highest BCUT2D eigenvalue weighted by Crippen LogP contribution is 2.45. The van der Waals surface area contributed by atoms with Gasteiger partial charge in [-0.15, -0.1) is 0 Å². The summed E-state index contributed by atoms with van der Waals surface area (Å²) in [6.45, 7) is 3.54. The van der Waals surface area contributed by atoms with E-state index in [1.165, 1.54) is 0 Å². The van der Waals surface area contributed by atoms with E-state index in [9.17, 15) is 13.6 Å². The van der Waals surface area contributed by atoms with Gasteiger partial charge in [0.25, 0.3) is 5.92 Å². The molecular formula is C19H23F2N3O. The van der Waals surface area contributed by atoms with E-state index in [0.717, 1.165) is 12.0 Å². The molecule has 1 aromatic rings. The molecule has 2 fully saturated rings. The van der Waals surface area contributed by atoms with Gasteiger partial charge in [-0.05, 0) is 37.5 Å². The summed E-state index contributed by atoms with van der Waals surface area (Å²) in [7, 11) is 0. The first-order chi connectivity index (χ1) is 11.9. The van der Waals surface area contributed by atoms with Crippen LogP contribution in [0.15, 0.2) is 24.3 Å². The molecule has 2 aliphatic rings. The number of piperidine rings is 2. The molecule has 0 unspecified atom stereocenters. The fourth-order valence-electron chi connectivity index (χ4n) is 4.24. The molecule has 2 saturated heterocycles. The first-order valence-corrected chi connectivity index (χ1v) is 8.76. The maximum Gasteiger partial charge on any atom is 0.261 e. The molecule has 1 amide bonds. The molecule has 0 N–H and O–H groups in total. The highest BCUT2D eigenvalue weighted by atomic mass is 19.3. The fraction of sp³-hybridized carbons (Fsp3) is 0.579. The summed E-state index contributed by atoms with van der Waals surface area (Å²) in [6.07, 6.45) is 0.960. The zero-order chi connectivity index (χ0) is 18.1. The van der Waals surface area contributed by atoms with Crippen LogP contribution in [0.25, 0.3) is 0 Å². The first-order valence-electron chi connectivity index (χ1n) is 8.76. The minimum atomic E-state index is -2.86. The molecule has 6 heteroatoms. The van der Waals surface area contributed by atoms with E-state index in [-0.39, 0.29) is 18.9 Å². The first kappa shape index (κ1) is 17.8. The number of hydrogen-bond acceptors (Lipinski definition) is 3. The molecular weight excluding hydrogens is 324 g/mol. The van der Waals surface area contributed by atoms with Crippen LogP contribution in [0.1, 0.15) is 37.3 Å². The topological polar surface area (TPSA) is 47.3 Å². The van der Waals surface area contributed by atoms with Crippen LogP contribution < -0.4 is 0 Å². The number of carbonyl (C=O) groups excluding carboxylic acids is 1. The van der Waals surface area contributed by atoms with Gasteiger partial charge in [-0.2, -0.15) is 5.26 Å². The lowest BCUT2D eigenvalue weighted by molar-refractivity contribution is -0.170. The van der Waals surface area contributed by atoms with Gasteiger partial charge in [0.05, 0.1) is 23.6 Å². The number of amides is 1. The normalized spacial score (nSPS) is 26.6. The maximum absolute atomic E-state index is 14.5. The van der Waals surface area contributed by atoms with Gasteiger partial charge in [0, 0.05) is 32.6 Å². The van der Waals surface area contributed by atoms with E-state index >= 15 is 0 Å². The summed E-state index contributed by atoms with van der Waals surface area (Å²) in [5.41, 5.74) is 0.454. The molecule has 0 saturated carbocycles. The van der Waals surface area contributed by atoms with Gasteiger partial charge >= 0.3 is 0 Å². The lowest BCUT2D eigenvalue weighted by Crippen LogP contribution is -2.60. The molecule has 25 heavy (non-hydrogen) atoms. The predicted octanol–water partition coefficient (Wildman–Crippen LogP) is 3.03. The van der Waals surface area contributed by atoms with Crippen LogP contribution in [0.5, 0.6) is 0 Å². The SMILES string of the molecule is CCN1CCC[C@@]2(CN(Cc3ccc(C#N)cc3)CC(F)(F)C2)C1=O. The molecule has 2 aliphatic heterocycles. The summed E-state index contributed by atoms with van der Waals surface area (Å²) >= 11 is 0. The maximum atomic E-state index is 14.5. The Morgan fingerprint density at radius 3 is 2.60 bits per heavy atom. The van der Waals surface area contributed by atoms with Gasteiger partial charge in [0.2, 0.25) is 5.91 Å². The molecule has 1 aromatic carbocycles. The smallest absolute Gasteiger partial charge is 0.261 e. The summed E-state index contributed by atoms with van der Waals surface area (Å²) in [4.78, 5) is 16.2. The zero-order valence-electron chi connectivity index (χ0n) is 14.5. The third-order valence-electron chi connectivity index (χ3n) is 5.27. The van der Waals surface area contributed by atoms with Gasteiger partial charge in [-0.25, -0.2) is 8.78 Å². The molecule has 134 valence electrons. The Labute approximate surface area is 147 Å². The summed E-state index contributed by atoms with van der Waals surface area (Å²) in [5, 5.41) is 8.86. The van der Waals surface area contributed by atoms with Crippen LogP contribution in [0.2, 0.25) is 0 Å². The molecule has 3 rings (SSSR count). The number of rotatable bonds is 3. The van der Waals surface area contributed by atoms with E-state index in [0.29, 0.717) is 38.2 Å². The monoisotopic (exact) mass is 347 g/mol. The second kappa shape index (κ2) is 6.72. The van der Waals surface area contributed by atoms with Crippen molar-refractivity contribution in [3.63, 3.8) is 0 Å². The highest BCUT2D eigenvalue weighted by Gasteiger charge is 2.54. The van der Waals surface area contributed by atoms with E-state index in [4.69, 9.17) is 5.26 Å². The lowest BCUT2D eigenvalue weighted by atomic mass is 9.71. The largest absolute Gasteiger partial charge is 0.342 e. The second-order valence-corrected chi connectivity index (χ2v) is 7.26. The van der Waals surface area contributed by atoms with Crippen molar-refractivity contribution in [3.8, 4) is 6.07 Å². The molecule has 4 nitrogen and oxygen atoms in total. The van der Waals surface area contributed by atoms with Crippen LogP contribution in [-0.2, 0) is 11.3 Å². The number of benzene rings is 1. The van der Waals surface area contributed by atoms with Gasteiger partial charge < -0.3 is 4.90 Å². The van der Waals surface area contributed by atoms with E-state index in [2.05, 4.69) is 6.07 Å². The van der Waals surface area contributed by atoms with Crippen molar-refractivity contribution in [1.29, 1.82) is 5.26 Å². The lowest BCUT2D eigenvalue weighted by Gasteiger charge is -2.49. The molecule has 0 radical (unpaired) electrons. The van der Waals surface area contributed by atoms with Crippen molar-refractivity contribution in [1.82, 2.24) is 9.80 Å². The van der Waals surface area contributed by atoms with E-state index < -0.39 is 11.3 Å². The number of hydrogen-bond donors (Lipinski definition) is 0. The molecule has 1 spiro atoms. The van der Waals surface area contributed by atoms with Gasteiger partial charge in [0.1, 0.15) is 0 Å². The number of nitrogens with zero attached hydrogens (tertiary/aromatic N) is 3.